The lowest BCUT2D eigenvalue weighted by atomic mass is 9.94. The molecule has 10 heteroatoms. The molecule has 3 aliphatic rings. The van der Waals surface area contributed by atoms with Crippen LogP contribution in [0.15, 0.2) is 72.9 Å². The summed E-state index contributed by atoms with van der Waals surface area (Å²) in [4.78, 5) is 31.6. The maximum absolute atomic E-state index is 15.8. The number of para-hydroxylation sites is 1. The number of rotatable bonds is 12. The summed E-state index contributed by atoms with van der Waals surface area (Å²) in [5, 5.41) is 4.53. The van der Waals surface area contributed by atoms with Crippen molar-refractivity contribution in [2.75, 3.05) is 18.6 Å². The van der Waals surface area contributed by atoms with E-state index in [-0.39, 0.29) is 17.0 Å². The molecule has 4 aromatic rings. The number of nitrogens with zero attached hydrogens (tertiary/aromatic N) is 2. The number of ether oxygens (including phenoxy) is 3. The summed E-state index contributed by atoms with van der Waals surface area (Å²) in [7, 11) is 1.59. The third kappa shape index (κ3) is 6.22. The van der Waals surface area contributed by atoms with E-state index in [1.165, 1.54) is 49.1 Å². The van der Waals surface area contributed by atoms with Crippen molar-refractivity contribution < 1.29 is 28.2 Å². The van der Waals surface area contributed by atoms with Crippen molar-refractivity contribution in [1.29, 1.82) is 0 Å². The van der Waals surface area contributed by atoms with Gasteiger partial charge in [0.1, 0.15) is 23.5 Å². The molecule has 0 atom stereocenters. The predicted octanol–water partition coefficient (Wildman–Crippen LogP) is 6.94. The first-order valence-corrected chi connectivity index (χ1v) is 16.4. The van der Waals surface area contributed by atoms with Gasteiger partial charge in [0.25, 0.3) is 0 Å². The van der Waals surface area contributed by atoms with E-state index in [1.807, 2.05) is 12.1 Å². The molecular formula is C37H39FN4O5. The molecule has 1 heterocycles. The Morgan fingerprint density at radius 2 is 1.72 bits per heavy atom. The van der Waals surface area contributed by atoms with E-state index in [4.69, 9.17) is 19.9 Å². The van der Waals surface area contributed by atoms with Gasteiger partial charge in [0.15, 0.2) is 17.3 Å². The molecule has 3 fully saturated rings. The number of amides is 2. The zero-order chi connectivity index (χ0) is 32.6. The maximum Gasteiger partial charge on any atom is 0.247 e. The highest BCUT2D eigenvalue weighted by Gasteiger charge is 2.57. The second kappa shape index (κ2) is 12.5. The van der Waals surface area contributed by atoms with Crippen LogP contribution in [-0.4, -0.2) is 42.1 Å². The predicted molar refractivity (Wildman–Crippen MR) is 177 cm³/mol. The number of anilines is 2. The highest BCUT2D eigenvalue weighted by atomic mass is 19.1. The number of nitrogens with two attached hydrogens (primary N) is 1. The number of halogens is 1. The fourth-order valence-corrected chi connectivity index (χ4v) is 6.57. The van der Waals surface area contributed by atoms with Gasteiger partial charge in [0.2, 0.25) is 11.8 Å². The molecule has 2 amide bonds. The zero-order valence-corrected chi connectivity index (χ0v) is 26.5. The van der Waals surface area contributed by atoms with Crippen LogP contribution >= 0.6 is 0 Å². The van der Waals surface area contributed by atoms with Crippen LogP contribution in [0.2, 0.25) is 0 Å². The SMILES string of the molecule is COc1cc2c(Oc3ccc(N(C(=O)C4(C(N)=O)CC4)c4ccccc4)c(F)c3)ccnc2cc1OCC1(NC2CCCCC2)CC1. The smallest absolute Gasteiger partial charge is 0.247 e. The van der Waals surface area contributed by atoms with Crippen molar-refractivity contribution in [1.82, 2.24) is 10.3 Å². The molecule has 0 spiro atoms. The molecule has 9 nitrogen and oxygen atoms in total. The van der Waals surface area contributed by atoms with Gasteiger partial charge < -0.3 is 25.3 Å². The van der Waals surface area contributed by atoms with Gasteiger partial charge in [-0.2, -0.15) is 0 Å². The molecule has 0 aliphatic heterocycles. The van der Waals surface area contributed by atoms with E-state index in [9.17, 15) is 9.59 Å². The molecule has 3 N–H and O–H groups in total. The quantitative estimate of drug-likeness (QED) is 0.162. The lowest BCUT2D eigenvalue weighted by Crippen LogP contribution is -2.44. The molecule has 0 radical (unpaired) electrons. The molecule has 0 unspecified atom stereocenters. The van der Waals surface area contributed by atoms with Gasteiger partial charge in [-0.25, -0.2) is 4.39 Å². The topological polar surface area (TPSA) is 116 Å². The van der Waals surface area contributed by atoms with Crippen LogP contribution in [0.1, 0.15) is 57.8 Å². The number of carbonyl (C=O) groups is 2. The molecular weight excluding hydrogens is 599 g/mol. The van der Waals surface area contributed by atoms with Gasteiger partial charge in [-0.05, 0) is 74.9 Å². The molecule has 0 bridgehead atoms. The van der Waals surface area contributed by atoms with Crippen molar-refractivity contribution in [3.63, 3.8) is 0 Å². The van der Waals surface area contributed by atoms with Gasteiger partial charge in [-0.1, -0.05) is 37.5 Å². The van der Waals surface area contributed by atoms with Crippen LogP contribution in [0, 0.1) is 11.2 Å². The molecule has 0 saturated heterocycles. The first-order valence-electron chi connectivity index (χ1n) is 16.4. The number of aromatic nitrogens is 1. The maximum atomic E-state index is 15.8. The average Bonchev–Trinajstić information content (AvgIpc) is 4.02. The standard InChI is InChI=1S/C37H39FN4O5/c1-45-32-21-27-29(22-33(32)46-23-36(15-16-36)41-24-8-4-2-5-9-24)40-19-14-31(27)47-26-12-13-30(28(38)20-26)42(25-10-6-3-7-11-25)35(44)37(17-18-37)34(39)43/h3,6-7,10-14,19-22,24,41H,2,4-5,8-9,15-18,23H2,1H3,(H2,39,43). The second-order valence-corrected chi connectivity index (χ2v) is 13.0. The van der Waals surface area contributed by atoms with Crippen molar-refractivity contribution in [2.45, 2.75) is 69.4 Å². The molecule has 3 aliphatic carbocycles. The first-order chi connectivity index (χ1) is 22.8. The molecule has 47 heavy (non-hydrogen) atoms. The highest BCUT2D eigenvalue weighted by molar-refractivity contribution is 6.16. The van der Waals surface area contributed by atoms with Gasteiger partial charge in [-0.3, -0.25) is 19.5 Å². The summed E-state index contributed by atoms with van der Waals surface area (Å²) in [6, 6.07) is 18.8. The van der Waals surface area contributed by atoms with Crippen LogP contribution in [0.5, 0.6) is 23.0 Å². The van der Waals surface area contributed by atoms with Gasteiger partial charge >= 0.3 is 0 Å². The summed E-state index contributed by atoms with van der Waals surface area (Å²) in [6.45, 7) is 0.552. The number of carbonyl (C=O) groups excluding carboxylic acids is 2. The monoisotopic (exact) mass is 638 g/mol. The Balaban J connectivity index is 1.12. The van der Waals surface area contributed by atoms with Gasteiger partial charge in [-0.15, -0.1) is 0 Å². The molecule has 244 valence electrons. The summed E-state index contributed by atoms with van der Waals surface area (Å²) in [6.07, 6.45) is 10.8. The van der Waals surface area contributed by atoms with Crippen LogP contribution in [0.3, 0.4) is 0 Å². The lowest BCUT2D eigenvalue weighted by Gasteiger charge is -2.28. The number of benzene rings is 3. The highest BCUT2D eigenvalue weighted by Crippen LogP contribution is 2.49. The van der Waals surface area contributed by atoms with Crippen molar-refractivity contribution in [2.24, 2.45) is 11.1 Å². The zero-order valence-electron chi connectivity index (χ0n) is 26.5. The normalized spacial score (nSPS) is 17.9. The number of hydrogen-bond acceptors (Lipinski definition) is 7. The molecule has 1 aromatic heterocycles. The van der Waals surface area contributed by atoms with Crippen LogP contribution in [0.25, 0.3) is 10.9 Å². The van der Waals surface area contributed by atoms with Crippen molar-refractivity contribution in [3.8, 4) is 23.0 Å². The lowest BCUT2D eigenvalue weighted by molar-refractivity contribution is -0.133. The minimum absolute atomic E-state index is 0.00414. The summed E-state index contributed by atoms with van der Waals surface area (Å²) in [5.41, 5.74) is 5.34. The number of methoxy groups -OCH3 is 1. The Kier molecular flexibility index (Phi) is 8.21. The first kappa shape index (κ1) is 30.9. The number of primary amides is 1. The molecule has 3 aromatic carbocycles. The Labute approximate surface area is 273 Å². The van der Waals surface area contributed by atoms with Gasteiger partial charge in [0.05, 0.1) is 23.9 Å². The number of nitrogens with one attached hydrogen (secondary N) is 1. The largest absolute Gasteiger partial charge is 0.493 e. The van der Waals surface area contributed by atoms with Crippen LogP contribution in [0.4, 0.5) is 15.8 Å². The number of pyridine rings is 1. The summed E-state index contributed by atoms with van der Waals surface area (Å²) < 4.78 is 34.1. The number of fused-ring (bicyclic) bond motifs is 1. The van der Waals surface area contributed by atoms with E-state index in [2.05, 4.69) is 10.3 Å². The van der Waals surface area contributed by atoms with E-state index in [0.29, 0.717) is 59.3 Å². The minimum Gasteiger partial charge on any atom is -0.493 e. The van der Waals surface area contributed by atoms with E-state index in [0.717, 1.165) is 12.8 Å². The van der Waals surface area contributed by atoms with Crippen molar-refractivity contribution in [3.05, 3.63) is 78.7 Å². The van der Waals surface area contributed by atoms with E-state index < -0.39 is 23.0 Å². The second-order valence-electron chi connectivity index (χ2n) is 13.0. The van der Waals surface area contributed by atoms with Gasteiger partial charge in [0, 0.05) is 35.4 Å². The van der Waals surface area contributed by atoms with Crippen molar-refractivity contribution >= 4 is 34.1 Å². The third-order valence-corrected chi connectivity index (χ3v) is 9.70. The fourth-order valence-electron chi connectivity index (χ4n) is 6.57. The Morgan fingerprint density at radius 1 is 0.957 bits per heavy atom. The van der Waals surface area contributed by atoms with Crippen LogP contribution < -0.4 is 30.2 Å². The summed E-state index contributed by atoms with van der Waals surface area (Å²) in [5.74, 6) is -0.128. The Morgan fingerprint density at radius 3 is 2.38 bits per heavy atom. The summed E-state index contributed by atoms with van der Waals surface area (Å²) >= 11 is 0. The van der Waals surface area contributed by atoms with E-state index >= 15 is 4.39 Å². The molecule has 7 rings (SSSR count). The van der Waals surface area contributed by atoms with Crippen LogP contribution in [-0.2, 0) is 9.59 Å². The molecule has 3 saturated carbocycles. The Hall–Kier alpha value is -4.70. The average molecular weight is 639 g/mol. The Bertz CT molecular complexity index is 1800. The minimum atomic E-state index is -1.33. The number of hydrogen-bond donors (Lipinski definition) is 2. The fraction of sp³-hybridized carbons (Fsp3) is 0.378. The third-order valence-electron chi connectivity index (χ3n) is 9.70. The van der Waals surface area contributed by atoms with E-state index in [1.54, 1.807) is 55.8 Å².